The van der Waals surface area contributed by atoms with Crippen LogP contribution in [0.3, 0.4) is 0 Å². The Morgan fingerprint density at radius 1 is 0.889 bits per heavy atom. The van der Waals surface area contributed by atoms with Gasteiger partial charge >= 0.3 is 0 Å². The molecule has 3 aromatic rings. The molecule has 0 spiro atoms. The van der Waals surface area contributed by atoms with Gasteiger partial charge in [-0.3, -0.25) is 4.72 Å². The van der Waals surface area contributed by atoms with E-state index in [1.54, 1.807) is 54.6 Å². The molecule has 0 fully saturated rings. The minimum absolute atomic E-state index is 0.152. The van der Waals surface area contributed by atoms with Crippen molar-refractivity contribution in [2.75, 3.05) is 17.1 Å². The minimum atomic E-state index is -3.68. The van der Waals surface area contributed by atoms with Gasteiger partial charge in [-0.1, -0.05) is 6.07 Å². The van der Waals surface area contributed by atoms with E-state index in [2.05, 4.69) is 16.1 Å². The van der Waals surface area contributed by atoms with Crippen molar-refractivity contribution in [3.05, 3.63) is 78.4 Å². The molecule has 7 heteroatoms. The molecule has 0 unspecified atom stereocenters. The first-order valence-electron chi connectivity index (χ1n) is 8.04. The number of nitrogens with zero attached hydrogens (tertiary/aromatic N) is 1. The molecule has 0 saturated heterocycles. The van der Waals surface area contributed by atoms with Gasteiger partial charge in [0.15, 0.2) is 0 Å². The van der Waals surface area contributed by atoms with Gasteiger partial charge in [0.1, 0.15) is 5.75 Å². The van der Waals surface area contributed by atoms with E-state index < -0.39 is 10.0 Å². The van der Waals surface area contributed by atoms with Crippen LogP contribution in [-0.4, -0.2) is 15.5 Å². The molecule has 0 radical (unpaired) electrons. The number of sulfonamides is 1. The molecule has 0 aromatic heterocycles. The summed E-state index contributed by atoms with van der Waals surface area (Å²) in [6.07, 6.45) is 0. The van der Waals surface area contributed by atoms with Gasteiger partial charge in [-0.2, -0.15) is 5.26 Å². The number of nitrogens with one attached hydrogen (secondary N) is 2. The fraction of sp³-hybridized carbons (Fsp3) is 0.0500. The van der Waals surface area contributed by atoms with Crippen LogP contribution in [0.2, 0.25) is 0 Å². The zero-order valence-corrected chi connectivity index (χ0v) is 15.3. The predicted octanol–water partition coefficient (Wildman–Crippen LogP) is 4.11. The summed E-state index contributed by atoms with van der Waals surface area (Å²) in [7, 11) is -2.16. The summed E-state index contributed by atoms with van der Waals surface area (Å²) in [6.45, 7) is 0. The van der Waals surface area contributed by atoms with Crippen LogP contribution in [0.25, 0.3) is 0 Å². The van der Waals surface area contributed by atoms with E-state index in [1.165, 1.54) is 19.2 Å². The summed E-state index contributed by atoms with van der Waals surface area (Å²) < 4.78 is 32.5. The lowest BCUT2D eigenvalue weighted by molar-refractivity contribution is 0.414. The summed E-state index contributed by atoms with van der Waals surface area (Å²) in [5.74, 6) is 0.588. The third-order valence-corrected chi connectivity index (χ3v) is 5.18. The van der Waals surface area contributed by atoms with Gasteiger partial charge in [0.25, 0.3) is 10.0 Å². The average molecular weight is 379 g/mol. The highest BCUT2D eigenvalue weighted by Gasteiger charge is 2.14. The fourth-order valence-electron chi connectivity index (χ4n) is 2.42. The van der Waals surface area contributed by atoms with Gasteiger partial charge in [-0.25, -0.2) is 8.42 Å². The van der Waals surface area contributed by atoms with E-state index in [-0.39, 0.29) is 4.90 Å². The second-order valence-electron chi connectivity index (χ2n) is 5.68. The van der Waals surface area contributed by atoms with Crippen molar-refractivity contribution in [3.8, 4) is 11.8 Å². The summed E-state index contributed by atoms with van der Waals surface area (Å²) in [4.78, 5) is 0.152. The van der Waals surface area contributed by atoms with Crippen LogP contribution in [0.5, 0.6) is 5.75 Å². The molecular formula is C20H17N3O3S. The predicted molar refractivity (Wildman–Crippen MR) is 105 cm³/mol. The van der Waals surface area contributed by atoms with Crippen LogP contribution in [0.15, 0.2) is 77.7 Å². The molecule has 0 aliphatic heterocycles. The van der Waals surface area contributed by atoms with Crippen molar-refractivity contribution in [1.82, 2.24) is 0 Å². The van der Waals surface area contributed by atoms with Crippen molar-refractivity contribution < 1.29 is 13.2 Å². The Bertz CT molecular complexity index is 1070. The quantitative estimate of drug-likeness (QED) is 0.672. The largest absolute Gasteiger partial charge is 0.497 e. The van der Waals surface area contributed by atoms with Gasteiger partial charge < -0.3 is 10.1 Å². The maximum absolute atomic E-state index is 12.4. The first-order valence-corrected chi connectivity index (χ1v) is 9.52. The zero-order valence-electron chi connectivity index (χ0n) is 14.5. The minimum Gasteiger partial charge on any atom is -0.497 e. The van der Waals surface area contributed by atoms with E-state index in [4.69, 9.17) is 10.00 Å². The second-order valence-corrected chi connectivity index (χ2v) is 7.36. The number of hydrogen-bond donors (Lipinski definition) is 2. The maximum Gasteiger partial charge on any atom is 0.261 e. The molecule has 0 aliphatic carbocycles. The molecule has 3 rings (SSSR count). The maximum atomic E-state index is 12.4. The highest BCUT2D eigenvalue weighted by atomic mass is 32.2. The molecule has 0 bridgehead atoms. The van der Waals surface area contributed by atoms with Crippen LogP contribution in [0.1, 0.15) is 5.56 Å². The van der Waals surface area contributed by atoms with Crippen molar-refractivity contribution in [2.45, 2.75) is 4.90 Å². The third kappa shape index (κ3) is 4.57. The summed E-state index contributed by atoms with van der Waals surface area (Å²) in [6, 6.07) is 22.2. The Hall–Kier alpha value is -3.50. The number of ether oxygens (including phenoxy) is 1. The van der Waals surface area contributed by atoms with Gasteiger partial charge in [-0.05, 0) is 66.7 Å². The summed E-state index contributed by atoms with van der Waals surface area (Å²) in [5, 5.41) is 12.1. The number of benzene rings is 3. The lowest BCUT2D eigenvalue weighted by atomic mass is 10.2. The Balaban J connectivity index is 1.72. The SMILES string of the molecule is COc1ccc(S(=O)(=O)Nc2ccc(Nc3cccc(C#N)c3)cc2)cc1. The van der Waals surface area contributed by atoms with Crippen molar-refractivity contribution >= 4 is 27.1 Å². The Morgan fingerprint density at radius 2 is 1.56 bits per heavy atom. The van der Waals surface area contributed by atoms with Crippen LogP contribution in [-0.2, 0) is 10.0 Å². The molecule has 0 heterocycles. The monoisotopic (exact) mass is 379 g/mol. The van der Waals surface area contributed by atoms with E-state index in [0.29, 0.717) is 17.0 Å². The van der Waals surface area contributed by atoms with Crippen LogP contribution < -0.4 is 14.8 Å². The Morgan fingerprint density at radius 3 is 2.19 bits per heavy atom. The summed E-state index contributed by atoms with van der Waals surface area (Å²) in [5.41, 5.74) is 2.56. The van der Waals surface area contributed by atoms with Gasteiger partial charge in [0, 0.05) is 17.1 Å². The number of hydrogen-bond acceptors (Lipinski definition) is 5. The zero-order chi connectivity index (χ0) is 19.3. The highest BCUT2D eigenvalue weighted by Crippen LogP contribution is 2.22. The molecule has 6 nitrogen and oxygen atoms in total. The normalized spacial score (nSPS) is 10.7. The molecule has 0 atom stereocenters. The number of methoxy groups -OCH3 is 1. The Kier molecular flexibility index (Phi) is 5.29. The Labute approximate surface area is 158 Å². The van der Waals surface area contributed by atoms with E-state index in [0.717, 1.165) is 11.4 Å². The molecule has 0 saturated carbocycles. The smallest absolute Gasteiger partial charge is 0.261 e. The highest BCUT2D eigenvalue weighted by molar-refractivity contribution is 7.92. The lowest BCUT2D eigenvalue weighted by Gasteiger charge is -2.10. The van der Waals surface area contributed by atoms with Crippen LogP contribution in [0.4, 0.5) is 17.1 Å². The first-order chi connectivity index (χ1) is 13.0. The van der Waals surface area contributed by atoms with Crippen molar-refractivity contribution in [1.29, 1.82) is 5.26 Å². The molecule has 0 amide bonds. The van der Waals surface area contributed by atoms with E-state index >= 15 is 0 Å². The standard InChI is InChI=1S/C20H17N3O3S/c1-26-19-9-11-20(12-10-19)27(24,25)23-17-7-5-16(6-8-17)22-18-4-2-3-15(13-18)14-21/h2-13,22-23H,1H3. The van der Waals surface area contributed by atoms with Gasteiger partial charge in [-0.15, -0.1) is 0 Å². The van der Waals surface area contributed by atoms with E-state index in [9.17, 15) is 8.42 Å². The average Bonchev–Trinajstić information content (AvgIpc) is 2.69. The van der Waals surface area contributed by atoms with Crippen LogP contribution >= 0.6 is 0 Å². The van der Waals surface area contributed by atoms with E-state index in [1.807, 2.05) is 6.07 Å². The van der Waals surface area contributed by atoms with Gasteiger partial charge in [0.2, 0.25) is 0 Å². The molecular weight excluding hydrogens is 362 g/mol. The summed E-state index contributed by atoms with van der Waals surface area (Å²) >= 11 is 0. The number of rotatable bonds is 6. The molecule has 0 aliphatic rings. The second kappa shape index (κ2) is 7.81. The fourth-order valence-corrected chi connectivity index (χ4v) is 3.48. The topological polar surface area (TPSA) is 91.2 Å². The van der Waals surface area contributed by atoms with Crippen molar-refractivity contribution in [2.24, 2.45) is 0 Å². The van der Waals surface area contributed by atoms with Crippen molar-refractivity contribution in [3.63, 3.8) is 0 Å². The molecule has 136 valence electrons. The van der Waals surface area contributed by atoms with Gasteiger partial charge in [0.05, 0.1) is 23.6 Å². The first kappa shape index (κ1) is 18.3. The number of anilines is 3. The molecule has 3 aromatic carbocycles. The lowest BCUT2D eigenvalue weighted by Crippen LogP contribution is -2.12. The number of nitriles is 1. The third-order valence-electron chi connectivity index (χ3n) is 3.79. The molecule has 27 heavy (non-hydrogen) atoms. The van der Waals surface area contributed by atoms with Crippen LogP contribution in [0, 0.1) is 11.3 Å². The molecule has 2 N–H and O–H groups in total.